The Morgan fingerprint density at radius 3 is 2.65 bits per heavy atom. The number of rotatable bonds is 16. The van der Waals surface area contributed by atoms with Gasteiger partial charge in [-0.1, -0.05) is 12.8 Å². The Morgan fingerprint density at radius 1 is 1.17 bits per heavy atom. The Kier molecular flexibility index (Phi) is 15.1. The summed E-state index contributed by atoms with van der Waals surface area (Å²) in [6, 6.07) is 0.126. The van der Waals surface area contributed by atoms with Crippen molar-refractivity contribution in [2.45, 2.75) is 69.7 Å². The number of carbonyl (C=O) groups excluding carboxylic acids is 3. The van der Waals surface area contributed by atoms with Crippen molar-refractivity contribution < 1.29 is 14.4 Å². The molecule has 0 saturated heterocycles. The second kappa shape index (κ2) is 15.8. The number of unbranched alkanes of at least 4 members (excludes halogenated alkanes) is 4. The summed E-state index contributed by atoms with van der Waals surface area (Å²) in [5.74, 6) is 0.884. The third-order valence-corrected chi connectivity index (χ3v) is 4.73. The minimum Gasteiger partial charge on any atom is -0.356 e. The fourth-order valence-electron chi connectivity index (χ4n) is 1.99. The minimum absolute atomic E-state index is 0.0479. The average Bonchev–Trinajstić information content (AvgIpc) is 2.53. The van der Waals surface area contributed by atoms with Crippen molar-refractivity contribution in [1.29, 1.82) is 0 Å². The molecule has 0 aliphatic rings. The van der Waals surface area contributed by atoms with Crippen LogP contribution >= 0.6 is 11.8 Å². The Hall–Kier alpha value is -1.08. The van der Waals surface area contributed by atoms with E-state index in [0.29, 0.717) is 25.8 Å². The van der Waals surface area contributed by atoms with Crippen LogP contribution in [-0.2, 0) is 14.4 Å². The lowest BCUT2D eigenvalue weighted by atomic mass is 10.2. The van der Waals surface area contributed by atoms with E-state index in [2.05, 4.69) is 10.6 Å². The molecular formula is C16H31N3O3S. The summed E-state index contributed by atoms with van der Waals surface area (Å²) in [4.78, 5) is 32.0. The molecule has 1 unspecified atom stereocenters. The molecule has 0 spiro atoms. The molecule has 6 nitrogen and oxygen atoms in total. The highest BCUT2D eigenvalue weighted by Crippen LogP contribution is 2.14. The molecule has 0 aromatic carbocycles. The van der Waals surface area contributed by atoms with Gasteiger partial charge in [0.25, 0.3) is 0 Å². The van der Waals surface area contributed by atoms with Gasteiger partial charge >= 0.3 is 0 Å². The molecule has 7 heteroatoms. The lowest BCUT2D eigenvalue weighted by molar-refractivity contribution is -0.121. The normalized spacial score (nSPS) is 13.1. The summed E-state index contributed by atoms with van der Waals surface area (Å²) in [6.07, 6.45) is 8.22. The molecule has 0 aromatic rings. The van der Waals surface area contributed by atoms with Crippen LogP contribution in [0, 0.1) is 0 Å². The molecule has 2 amide bonds. The van der Waals surface area contributed by atoms with Gasteiger partial charge in [-0.05, 0) is 32.6 Å². The monoisotopic (exact) mass is 345 g/mol. The van der Waals surface area contributed by atoms with Crippen LogP contribution in [0.1, 0.15) is 58.3 Å². The first-order valence-electron chi connectivity index (χ1n) is 8.37. The number of nitrogens with two attached hydrogens (primary N) is 1. The van der Waals surface area contributed by atoms with Crippen LogP contribution in [0.2, 0.25) is 0 Å². The molecule has 2 atom stereocenters. The summed E-state index contributed by atoms with van der Waals surface area (Å²) >= 11 is 1.64. The highest BCUT2D eigenvalue weighted by atomic mass is 32.2. The summed E-state index contributed by atoms with van der Waals surface area (Å²) < 4.78 is 0. The first kappa shape index (κ1) is 21.9. The maximum Gasteiger partial charge on any atom is 0.219 e. The molecule has 0 aliphatic carbocycles. The van der Waals surface area contributed by atoms with Gasteiger partial charge in [0.2, 0.25) is 12.3 Å². The average molecular weight is 346 g/mol. The molecule has 134 valence electrons. The lowest BCUT2D eigenvalue weighted by Crippen LogP contribution is -2.29. The van der Waals surface area contributed by atoms with Crippen molar-refractivity contribution in [2.75, 3.05) is 12.3 Å². The van der Waals surface area contributed by atoms with Crippen molar-refractivity contribution in [3.05, 3.63) is 0 Å². The predicted molar refractivity (Wildman–Crippen MR) is 95.1 cm³/mol. The first-order chi connectivity index (χ1) is 11.1. The van der Waals surface area contributed by atoms with Gasteiger partial charge in [0, 0.05) is 31.2 Å². The van der Waals surface area contributed by atoms with Crippen LogP contribution in [0.5, 0.6) is 0 Å². The third kappa shape index (κ3) is 15.6. The summed E-state index contributed by atoms with van der Waals surface area (Å²) in [5, 5.41) is 5.64. The van der Waals surface area contributed by atoms with Gasteiger partial charge in [0.1, 0.15) is 6.29 Å². The van der Waals surface area contributed by atoms with Crippen molar-refractivity contribution >= 4 is 30.4 Å². The van der Waals surface area contributed by atoms with E-state index in [1.54, 1.807) is 11.8 Å². The Balaban J connectivity index is 3.43. The molecule has 23 heavy (non-hydrogen) atoms. The summed E-state index contributed by atoms with van der Waals surface area (Å²) in [6.45, 7) is 2.63. The first-order valence-corrected chi connectivity index (χ1v) is 9.42. The van der Waals surface area contributed by atoms with Crippen LogP contribution in [0.25, 0.3) is 0 Å². The fourth-order valence-corrected chi connectivity index (χ4v) is 2.96. The van der Waals surface area contributed by atoms with E-state index in [0.717, 1.165) is 50.6 Å². The number of hydrogen-bond donors (Lipinski definition) is 3. The van der Waals surface area contributed by atoms with Gasteiger partial charge in [-0.15, -0.1) is 11.8 Å². The standard InChI is InChI=1S/C16H31N3O3S/c1-14(19-13-21)12-23-15(17)8-4-5-9-16(22)18-10-6-2-3-7-11-20/h11,13-15H,2-10,12,17H2,1H3,(H,18,22)(H,19,21)/t14?,15-/m1/s1. The quantitative estimate of drug-likeness (QED) is 0.224. The number of carbonyl (C=O) groups is 3. The van der Waals surface area contributed by atoms with Gasteiger partial charge < -0.3 is 21.2 Å². The van der Waals surface area contributed by atoms with Crippen molar-refractivity contribution in [2.24, 2.45) is 5.73 Å². The highest BCUT2D eigenvalue weighted by molar-refractivity contribution is 7.99. The number of thioether (sulfide) groups is 1. The summed E-state index contributed by atoms with van der Waals surface area (Å²) in [5.41, 5.74) is 5.99. The van der Waals surface area contributed by atoms with E-state index >= 15 is 0 Å². The highest BCUT2D eigenvalue weighted by Gasteiger charge is 2.07. The smallest absolute Gasteiger partial charge is 0.219 e. The Morgan fingerprint density at radius 2 is 1.96 bits per heavy atom. The maximum absolute atomic E-state index is 11.6. The van der Waals surface area contributed by atoms with Crippen molar-refractivity contribution in [1.82, 2.24) is 10.6 Å². The molecular weight excluding hydrogens is 314 g/mol. The summed E-state index contributed by atoms with van der Waals surface area (Å²) in [7, 11) is 0. The molecule has 4 N–H and O–H groups in total. The number of hydrogen-bond acceptors (Lipinski definition) is 5. The second-order valence-electron chi connectivity index (χ2n) is 5.67. The van der Waals surface area contributed by atoms with Crippen molar-refractivity contribution in [3.63, 3.8) is 0 Å². The largest absolute Gasteiger partial charge is 0.356 e. The van der Waals surface area contributed by atoms with E-state index in [-0.39, 0.29) is 17.3 Å². The van der Waals surface area contributed by atoms with Gasteiger partial charge in [0.15, 0.2) is 0 Å². The van der Waals surface area contributed by atoms with E-state index in [4.69, 9.17) is 5.73 Å². The lowest BCUT2D eigenvalue weighted by Gasteiger charge is -2.14. The van der Waals surface area contributed by atoms with E-state index < -0.39 is 0 Å². The van der Waals surface area contributed by atoms with Gasteiger partial charge in [-0.3, -0.25) is 9.59 Å². The zero-order chi connectivity index (χ0) is 17.3. The number of nitrogens with one attached hydrogen (secondary N) is 2. The minimum atomic E-state index is 0.0479. The van der Waals surface area contributed by atoms with Crippen molar-refractivity contribution in [3.8, 4) is 0 Å². The molecule has 0 fully saturated rings. The van der Waals surface area contributed by atoms with Gasteiger partial charge in [-0.25, -0.2) is 0 Å². The Labute approximate surface area is 143 Å². The van der Waals surface area contributed by atoms with Gasteiger partial charge in [-0.2, -0.15) is 0 Å². The van der Waals surface area contributed by atoms with Crippen LogP contribution in [-0.4, -0.2) is 42.3 Å². The fraction of sp³-hybridized carbons (Fsp3) is 0.812. The van der Waals surface area contributed by atoms with E-state index in [9.17, 15) is 14.4 Å². The molecule has 0 aromatic heterocycles. The van der Waals surface area contributed by atoms with Crippen LogP contribution in [0.4, 0.5) is 0 Å². The van der Waals surface area contributed by atoms with Gasteiger partial charge in [0.05, 0.1) is 5.37 Å². The molecule has 0 saturated carbocycles. The maximum atomic E-state index is 11.6. The molecule has 0 rings (SSSR count). The zero-order valence-electron chi connectivity index (χ0n) is 14.1. The van der Waals surface area contributed by atoms with E-state index in [1.807, 2.05) is 6.92 Å². The zero-order valence-corrected chi connectivity index (χ0v) is 14.9. The van der Waals surface area contributed by atoms with Crippen LogP contribution < -0.4 is 16.4 Å². The third-order valence-electron chi connectivity index (χ3n) is 3.38. The number of aldehydes is 1. The number of amides is 2. The molecule has 0 heterocycles. The SMILES string of the molecule is CC(CS[C@@H](N)CCCCC(=O)NCCCCCC=O)NC=O. The van der Waals surface area contributed by atoms with E-state index in [1.165, 1.54) is 0 Å². The Bertz CT molecular complexity index is 330. The molecule has 0 radical (unpaired) electrons. The van der Waals surface area contributed by atoms with Crippen LogP contribution in [0.15, 0.2) is 0 Å². The second-order valence-corrected chi connectivity index (χ2v) is 6.94. The topological polar surface area (TPSA) is 101 Å². The molecule has 0 aliphatic heterocycles. The van der Waals surface area contributed by atoms with Crippen LogP contribution in [0.3, 0.4) is 0 Å². The molecule has 0 bridgehead atoms. The predicted octanol–water partition coefficient (Wildman–Crippen LogP) is 1.57.